The van der Waals surface area contributed by atoms with Gasteiger partial charge in [0.25, 0.3) is 0 Å². The summed E-state index contributed by atoms with van der Waals surface area (Å²) in [5.74, 6) is 0.876. The van der Waals surface area contributed by atoms with Gasteiger partial charge >= 0.3 is 0 Å². The number of hydrogen-bond acceptors (Lipinski definition) is 4. The first-order valence-corrected chi connectivity index (χ1v) is 7.15. The third kappa shape index (κ3) is 3.15. The van der Waals surface area contributed by atoms with Crippen LogP contribution in [-0.4, -0.2) is 43.6 Å². The average molecular weight is 277 g/mol. The number of anilines is 2. The van der Waals surface area contributed by atoms with Crippen LogP contribution in [0.15, 0.2) is 18.2 Å². The van der Waals surface area contributed by atoms with Crippen molar-refractivity contribution in [3.8, 4) is 5.75 Å². The molecule has 0 unspecified atom stereocenters. The molecule has 5 heteroatoms. The second-order valence-electron chi connectivity index (χ2n) is 4.97. The van der Waals surface area contributed by atoms with E-state index in [9.17, 15) is 4.79 Å². The van der Waals surface area contributed by atoms with E-state index in [2.05, 4.69) is 4.90 Å². The molecule has 0 aromatic heterocycles. The number of ether oxygens (including phenoxy) is 1. The standard InChI is InChI=1S/C15H23N3O2/c1-3-20-14-7-4-6-13(15(14)16)18-9-5-8-17(10-11-18)12(2)19/h4,6-7H,3,5,8-11,16H2,1-2H3. The second kappa shape index (κ2) is 6.50. The van der Waals surface area contributed by atoms with Gasteiger partial charge in [0.1, 0.15) is 5.75 Å². The summed E-state index contributed by atoms with van der Waals surface area (Å²) in [4.78, 5) is 15.6. The van der Waals surface area contributed by atoms with Crippen LogP contribution in [0.3, 0.4) is 0 Å². The molecule has 1 aliphatic rings. The van der Waals surface area contributed by atoms with E-state index in [0.29, 0.717) is 12.3 Å². The molecular formula is C15H23N3O2. The zero-order chi connectivity index (χ0) is 14.5. The van der Waals surface area contributed by atoms with Gasteiger partial charge in [0.15, 0.2) is 0 Å². The van der Waals surface area contributed by atoms with Crippen LogP contribution in [0.5, 0.6) is 5.75 Å². The maximum absolute atomic E-state index is 11.5. The van der Waals surface area contributed by atoms with Gasteiger partial charge in [-0.1, -0.05) is 6.07 Å². The third-order valence-electron chi connectivity index (χ3n) is 3.62. The summed E-state index contributed by atoms with van der Waals surface area (Å²) < 4.78 is 5.54. The number of nitrogens with zero attached hydrogens (tertiary/aromatic N) is 2. The first kappa shape index (κ1) is 14.5. The van der Waals surface area contributed by atoms with E-state index in [-0.39, 0.29) is 5.91 Å². The number of hydrogen-bond donors (Lipinski definition) is 1. The van der Waals surface area contributed by atoms with Gasteiger partial charge in [0.05, 0.1) is 18.0 Å². The van der Waals surface area contributed by atoms with Crippen LogP contribution < -0.4 is 15.4 Å². The van der Waals surface area contributed by atoms with Crippen molar-refractivity contribution in [1.82, 2.24) is 4.90 Å². The van der Waals surface area contributed by atoms with Gasteiger partial charge in [-0.15, -0.1) is 0 Å². The number of rotatable bonds is 3. The van der Waals surface area contributed by atoms with E-state index in [1.807, 2.05) is 30.0 Å². The molecule has 1 aromatic rings. The number of nitrogens with two attached hydrogens (primary N) is 1. The fourth-order valence-electron chi connectivity index (χ4n) is 2.56. The Hall–Kier alpha value is -1.91. The highest BCUT2D eigenvalue weighted by molar-refractivity contribution is 5.75. The summed E-state index contributed by atoms with van der Waals surface area (Å²) in [5, 5.41) is 0. The highest BCUT2D eigenvalue weighted by atomic mass is 16.5. The zero-order valence-electron chi connectivity index (χ0n) is 12.3. The molecule has 0 saturated carbocycles. The zero-order valence-corrected chi connectivity index (χ0v) is 12.3. The molecule has 0 aliphatic carbocycles. The van der Waals surface area contributed by atoms with Crippen molar-refractivity contribution >= 4 is 17.3 Å². The fraction of sp³-hybridized carbons (Fsp3) is 0.533. The smallest absolute Gasteiger partial charge is 0.219 e. The molecule has 1 saturated heterocycles. The topological polar surface area (TPSA) is 58.8 Å². The van der Waals surface area contributed by atoms with Crippen molar-refractivity contribution < 1.29 is 9.53 Å². The number of carbonyl (C=O) groups excluding carboxylic acids is 1. The van der Waals surface area contributed by atoms with Crippen molar-refractivity contribution in [3.05, 3.63) is 18.2 Å². The van der Waals surface area contributed by atoms with Gasteiger partial charge in [-0.05, 0) is 25.5 Å². The fourth-order valence-corrected chi connectivity index (χ4v) is 2.56. The lowest BCUT2D eigenvalue weighted by Gasteiger charge is -2.25. The molecule has 1 fully saturated rings. The van der Waals surface area contributed by atoms with Gasteiger partial charge in [-0.3, -0.25) is 4.79 Å². The van der Waals surface area contributed by atoms with Crippen LogP contribution in [0.2, 0.25) is 0 Å². The highest BCUT2D eigenvalue weighted by Crippen LogP contribution is 2.32. The van der Waals surface area contributed by atoms with Crippen LogP contribution in [0.1, 0.15) is 20.3 Å². The predicted molar refractivity (Wildman–Crippen MR) is 81.1 cm³/mol. The average Bonchev–Trinajstić information content (AvgIpc) is 2.67. The number of amides is 1. The van der Waals surface area contributed by atoms with E-state index < -0.39 is 0 Å². The van der Waals surface area contributed by atoms with Crippen LogP contribution in [0.25, 0.3) is 0 Å². The van der Waals surface area contributed by atoms with Crippen LogP contribution in [0, 0.1) is 0 Å². The molecular weight excluding hydrogens is 254 g/mol. The summed E-state index contributed by atoms with van der Waals surface area (Å²) in [7, 11) is 0. The minimum Gasteiger partial charge on any atom is -0.492 e. The van der Waals surface area contributed by atoms with Gasteiger partial charge < -0.3 is 20.3 Å². The Morgan fingerprint density at radius 1 is 1.30 bits per heavy atom. The number of para-hydroxylation sites is 1. The molecule has 1 aromatic carbocycles. The lowest BCUT2D eigenvalue weighted by molar-refractivity contribution is -0.128. The van der Waals surface area contributed by atoms with Crippen LogP contribution in [-0.2, 0) is 4.79 Å². The molecule has 1 heterocycles. The van der Waals surface area contributed by atoms with Crippen molar-refractivity contribution in [2.45, 2.75) is 20.3 Å². The Morgan fingerprint density at radius 2 is 2.10 bits per heavy atom. The van der Waals surface area contributed by atoms with Gasteiger partial charge in [0.2, 0.25) is 5.91 Å². The summed E-state index contributed by atoms with van der Waals surface area (Å²) >= 11 is 0. The Kier molecular flexibility index (Phi) is 4.71. The van der Waals surface area contributed by atoms with Crippen LogP contribution >= 0.6 is 0 Å². The van der Waals surface area contributed by atoms with E-state index in [0.717, 1.165) is 44.0 Å². The number of nitrogen functional groups attached to an aromatic ring is 1. The number of benzene rings is 1. The molecule has 1 amide bonds. The minimum atomic E-state index is 0.142. The van der Waals surface area contributed by atoms with Crippen molar-refractivity contribution in [1.29, 1.82) is 0 Å². The Balaban J connectivity index is 2.15. The summed E-state index contributed by atoms with van der Waals surface area (Å²) in [5.41, 5.74) is 7.89. The summed E-state index contributed by atoms with van der Waals surface area (Å²) in [6.45, 7) is 7.45. The molecule has 2 rings (SSSR count). The molecule has 2 N–H and O–H groups in total. The first-order chi connectivity index (χ1) is 9.63. The Labute approximate surface area is 120 Å². The SMILES string of the molecule is CCOc1cccc(N2CCCN(C(C)=O)CC2)c1N. The second-order valence-corrected chi connectivity index (χ2v) is 4.97. The van der Waals surface area contributed by atoms with E-state index in [4.69, 9.17) is 10.5 Å². The van der Waals surface area contributed by atoms with Crippen molar-refractivity contribution in [2.75, 3.05) is 43.4 Å². The normalized spacial score (nSPS) is 15.9. The lowest BCUT2D eigenvalue weighted by atomic mass is 10.2. The molecule has 0 atom stereocenters. The van der Waals surface area contributed by atoms with Crippen LogP contribution in [0.4, 0.5) is 11.4 Å². The lowest BCUT2D eigenvalue weighted by Crippen LogP contribution is -2.33. The molecule has 0 spiro atoms. The molecule has 1 aliphatic heterocycles. The molecule has 0 radical (unpaired) electrons. The summed E-state index contributed by atoms with van der Waals surface area (Å²) in [6.07, 6.45) is 0.956. The number of carbonyl (C=O) groups is 1. The maximum atomic E-state index is 11.5. The van der Waals surface area contributed by atoms with Gasteiger partial charge in [0, 0.05) is 33.1 Å². The monoisotopic (exact) mass is 277 g/mol. The largest absolute Gasteiger partial charge is 0.492 e. The molecule has 110 valence electrons. The molecule has 5 nitrogen and oxygen atoms in total. The van der Waals surface area contributed by atoms with Gasteiger partial charge in [-0.25, -0.2) is 0 Å². The van der Waals surface area contributed by atoms with Gasteiger partial charge in [-0.2, -0.15) is 0 Å². The minimum absolute atomic E-state index is 0.142. The van der Waals surface area contributed by atoms with E-state index in [1.54, 1.807) is 6.92 Å². The molecule has 20 heavy (non-hydrogen) atoms. The van der Waals surface area contributed by atoms with Crippen molar-refractivity contribution in [2.24, 2.45) is 0 Å². The maximum Gasteiger partial charge on any atom is 0.219 e. The molecule has 0 bridgehead atoms. The van der Waals surface area contributed by atoms with Crippen molar-refractivity contribution in [3.63, 3.8) is 0 Å². The third-order valence-corrected chi connectivity index (χ3v) is 3.62. The van der Waals surface area contributed by atoms with E-state index in [1.165, 1.54) is 0 Å². The quantitative estimate of drug-likeness (QED) is 0.855. The highest BCUT2D eigenvalue weighted by Gasteiger charge is 2.19. The first-order valence-electron chi connectivity index (χ1n) is 7.15. The predicted octanol–water partition coefficient (Wildman–Crippen LogP) is 1.73. The van der Waals surface area contributed by atoms with E-state index >= 15 is 0 Å². The Bertz CT molecular complexity index is 476. The summed E-state index contributed by atoms with van der Waals surface area (Å²) in [6, 6.07) is 5.87. The Morgan fingerprint density at radius 3 is 2.80 bits per heavy atom.